The summed E-state index contributed by atoms with van der Waals surface area (Å²) in [6.45, 7) is 2.52. The minimum absolute atomic E-state index is 0.617. The van der Waals surface area contributed by atoms with E-state index in [0.717, 1.165) is 21.7 Å². The second-order valence-corrected chi connectivity index (χ2v) is 4.56. The lowest BCUT2D eigenvalue weighted by Gasteiger charge is -2.07. The molecule has 0 bridgehead atoms. The number of aromatic amines is 1. The van der Waals surface area contributed by atoms with Crippen LogP contribution in [0.2, 0.25) is 0 Å². The molecular formula is C12H11BrN4. The minimum atomic E-state index is 0.617. The summed E-state index contributed by atoms with van der Waals surface area (Å²) in [4.78, 5) is 7.25. The summed E-state index contributed by atoms with van der Waals surface area (Å²) in [5, 5.41) is 12.2. The highest BCUT2D eigenvalue weighted by Gasteiger charge is 2.03. The van der Waals surface area contributed by atoms with Crippen LogP contribution in [0.3, 0.4) is 0 Å². The molecule has 5 heteroatoms. The molecular weight excluding hydrogens is 280 g/mol. The van der Waals surface area contributed by atoms with Gasteiger partial charge in [0, 0.05) is 4.47 Å². The maximum absolute atomic E-state index is 8.99. The lowest BCUT2D eigenvalue weighted by molar-refractivity contribution is 1.05. The zero-order chi connectivity index (χ0) is 12.3. The predicted octanol–water partition coefficient (Wildman–Crippen LogP) is 2.96. The van der Waals surface area contributed by atoms with E-state index in [-0.39, 0.29) is 0 Å². The minimum Gasteiger partial charge on any atom is -0.378 e. The van der Waals surface area contributed by atoms with Crippen LogP contribution < -0.4 is 5.32 Å². The van der Waals surface area contributed by atoms with Gasteiger partial charge in [0.2, 0.25) is 0 Å². The standard InChI is InChI=1S/C12H11BrN4/c1-8-15-6-11(17-8)7-16-12-4-10(13)3-2-9(12)5-14/h2-4,6,16H,7H2,1H3,(H,15,17). The second kappa shape index (κ2) is 5.02. The first-order chi connectivity index (χ1) is 8.19. The fraction of sp³-hybridized carbons (Fsp3) is 0.167. The molecule has 1 aromatic heterocycles. The van der Waals surface area contributed by atoms with Crippen molar-refractivity contribution in [2.45, 2.75) is 13.5 Å². The van der Waals surface area contributed by atoms with E-state index in [1.807, 2.05) is 19.1 Å². The van der Waals surface area contributed by atoms with Gasteiger partial charge in [-0.15, -0.1) is 0 Å². The molecule has 2 N–H and O–H groups in total. The Kier molecular flexibility index (Phi) is 3.45. The van der Waals surface area contributed by atoms with Crippen LogP contribution in [0.25, 0.3) is 0 Å². The van der Waals surface area contributed by atoms with E-state index in [1.54, 1.807) is 12.3 Å². The SMILES string of the molecule is Cc1ncc(CNc2cc(Br)ccc2C#N)[nH]1. The van der Waals surface area contributed by atoms with Crippen LogP contribution >= 0.6 is 15.9 Å². The molecule has 0 aliphatic carbocycles. The molecule has 1 heterocycles. The normalized spacial score (nSPS) is 9.94. The Balaban J connectivity index is 2.13. The van der Waals surface area contributed by atoms with Gasteiger partial charge in [-0.25, -0.2) is 4.98 Å². The summed E-state index contributed by atoms with van der Waals surface area (Å²) < 4.78 is 0.944. The molecule has 0 atom stereocenters. The molecule has 4 nitrogen and oxygen atoms in total. The first kappa shape index (κ1) is 11.7. The number of aryl methyl sites for hydroxylation is 1. The monoisotopic (exact) mass is 290 g/mol. The fourth-order valence-corrected chi connectivity index (χ4v) is 1.87. The molecule has 0 saturated heterocycles. The molecule has 2 aromatic rings. The molecule has 2 rings (SSSR count). The van der Waals surface area contributed by atoms with Crippen LogP contribution in [0.1, 0.15) is 17.1 Å². The van der Waals surface area contributed by atoms with Gasteiger partial charge in [0.25, 0.3) is 0 Å². The smallest absolute Gasteiger partial charge is 0.103 e. The van der Waals surface area contributed by atoms with Gasteiger partial charge in [-0.05, 0) is 25.1 Å². The maximum atomic E-state index is 8.99. The maximum Gasteiger partial charge on any atom is 0.103 e. The van der Waals surface area contributed by atoms with Gasteiger partial charge in [0.1, 0.15) is 11.9 Å². The fourth-order valence-electron chi connectivity index (χ4n) is 1.51. The number of rotatable bonds is 3. The van der Waals surface area contributed by atoms with E-state index in [0.29, 0.717) is 12.1 Å². The number of nitrogens with zero attached hydrogens (tertiary/aromatic N) is 2. The van der Waals surface area contributed by atoms with Crippen molar-refractivity contribution in [3.05, 3.63) is 46.0 Å². The third kappa shape index (κ3) is 2.86. The Morgan fingerprint density at radius 2 is 2.35 bits per heavy atom. The van der Waals surface area contributed by atoms with Gasteiger partial charge < -0.3 is 10.3 Å². The highest BCUT2D eigenvalue weighted by atomic mass is 79.9. The summed E-state index contributed by atoms with van der Waals surface area (Å²) in [5.74, 6) is 0.886. The number of hydrogen-bond donors (Lipinski definition) is 2. The first-order valence-corrected chi connectivity index (χ1v) is 5.92. The van der Waals surface area contributed by atoms with Crippen molar-refractivity contribution in [2.24, 2.45) is 0 Å². The van der Waals surface area contributed by atoms with Gasteiger partial charge in [0.15, 0.2) is 0 Å². The van der Waals surface area contributed by atoms with Crippen LogP contribution in [0.4, 0.5) is 5.69 Å². The highest BCUT2D eigenvalue weighted by Crippen LogP contribution is 2.21. The molecule has 0 radical (unpaired) electrons. The van der Waals surface area contributed by atoms with Gasteiger partial charge in [-0.2, -0.15) is 5.26 Å². The number of halogens is 1. The van der Waals surface area contributed by atoms with Crippen LogP contribution in [0.5, 0.6) is 0 Å². The third-order valence-corrected chi connectivity index (χ3v) is 2.82. The number of hydrogen-bond acceptors (Lipinski definition) is 3. The number of nitriles is 1. The highest BCUT2D eigenvalue weighted by molar-refractivity contribution is 9.10. The van der Waals surface area contributed by atoms with Crippen molar-refractivity contribution in [1.82, 2.24) is 9.97 Å². The van der Waals surface area contributed by atoms with E-state index < -0.39 is 0 Å². The quantitative estimate of drug-likeness (QED) is 0.913. The molecule has 0 spiro atoms. The molecule has 86 valence electrons. The topological polar surface area (TPSA) is 64.5 Å². The largest absolute Gasteiger partial charge is 0.378 e. The lowest BCUT2D eigenvalue weighted by Crippen LogP contribution is -2.01. The average Bonchev–Trinajstić information content (AvgIpc) is 2.73. The molecule has 0 aliphatic heterocycles. The van der Waals surface area contributed by atoms with E-state index in [9.17, 15) is 0 Å². The van der Waals surface area contributed by atoms with E-state index in [2.05, 4.69) is 37.3 Å². The molecule has 0 amide bonds. The van der Waals surface area contributed by atoms with Crippen LogP contribution in [0, 0.1) is 18.3 Å². The van der Waals surface area contributed by atoms with Gasteiger partial charge in [-0.1, -0.05) is 15.9 Å². The summed E-state index contributed by atoms with van der Waals surface area (Å²) in [6.07, 6.45) is 1.78. The van der Waals surface area contributed by atoms with Gasteiger partial charge in [-0.3, -0.25) is 0 Å². The van der Waals surface area contributed by atoms with Crippen LogP contribution in [-0.2, 0) is 6.54 Å². The van der Waals surface area contributed by atoms with E-state index in [4.69, 9.17) is 5.26 Å². The van der Waals surface area contributed by atoms with Crippen LogP contribution in [-0.4, -0.2) is 9.97 Å². The summed E-state index contributed by atoms with van der Waals surface area (Å²) in [7, 11) is 0. The number of aromatic nitrogens is 2. The number of imidazole rings is 1. The number of benzene rings is 1. The average molecular weight is 291 g/mol. The lowest BCUT2D eigenvalue weighted by atomic mass is 10.2. The summed E-state index contributed by atoms with van der Waals surface area (Å²) >= 11 is 3.39. The Bertz CT molecular complexity index is 568. The van der Waals surface area contributed by atoms with Gasteiger partial charge >= 0.3 is 0 Å². The van der Waals surface area contributed by atoms with Crippen molar-refractivity contribution in [1.29, 1.82) is 5.26 Å². The van der Waals surface area contributed by atoms with E-state index >= 15 is 0 Å². The molecule has 17 heavy (non-hydrogen) atoms. The molecule has 0 aliphatic rings. The van der Waals surface area contributed by atoms with Gasteiger partial charge in [0.05, 0.1) is 29.7 Å². The molecule has 0 saturated carbocycles. The summed E-state index contributed by atoms with van der Waals surface area (Å²) in [6, 6.07) is 7.68. The summed E-state index contributed by atoms with van der Waals surface area (Å²) in [5.41, 5.74) is 2.44. The Labute approximate surface area is 108 Å². The second-order valence-electron chi connectivity index (χ2n) is 3.65. The zero-order valence-electron chi connectivity index (χ0n) is 9.29. The van der Waals surface area contributed by atoms with Crippen molar-refractivity contribution >= 4 is 21.6 Å². The van der Waals surface area contributed by atoms with Crippen molar-refractivity contribution in [3.8, 4) is 6.07 Å². The van der Waals surface area contributed by atoms with Crippen LogP contribution in [0.15, 0.2) is 28.9 Å². The molecule has 0 fully saturated rings. The number of nitrogens with one attached hydrogen (secondary N) is 2. The van der Waals surface area contributed by atoms with E-state index in [1.165, 1.54) is 0 Å². The third-order valence-electron chi connectivity index (χ3n) is 2.33. The molecule has 1 aromatic carbocycles. The Morgan fingerprint density at radius 3 is 3.00 bits per heavy atom. The number of H-pyrrole nitrogens is 1. The van der Waals surface area contributed by atoms with Crippen molar-refractivity contribution in [3.63, 3.8) is 0 Å². The zero-order valence-corrected chi connectivity index (χ0v) is 10.9. The Hall–Kier alpha value is -1.80. The van der Waals surface area contributed by atoms with Crippen molar-refractivity contribution < 1.29 is 0 Å². The number of anilines is 1. The Morgan fingerprint density at radius 1 is 1.53 bits per heavy atom. The van der Waals surface area contributed by atoms with Crippen molar-refractivity contribution in [2.75, 3.05) is 5.32 Å². The first-order valence-electron chi connectivity index (χ1n) is 5.13. The molecule has 0 unspecified atom stereocenters. The predicted molar refractivity (Wildman–Crippen MR) is 69.5 cm³/mol.